The predicted octanol–water partition coefficient (Wildman–Crippen LogP) is 2.88. The molecule has 1 aromatic rings. The fourth-order valence-electron chi connectivity index (χ4n) is 3.99. The van der Waals surface area contributed by atoms with Crippen molar-refractivity contribution in [3.63, 3.8) is 0 Å². The van der Waals surface area contributed by atoms with Crippen molar-refractivity contribution in [2.75, 3.05) is 24.5 Å². The molecule has 2 fully saturated rings. The van der Waals surface area contributed by atoms with Crippen LogP contribution in [0.3, 0.4) is 0 Å². The standard InChI is InChI=1S/C21H29ClN4O3/c1-13(2)16-11-15(5-6-17(16)22)26-10-9-25(12-14(26)3)18(27)7-8-21(4)19(28)23-20(29)24-21/h5-6,11,13-14H,7-10,12H2,1-4H3,(H2,23,24,28,29)/t14-,21+/m0/s1. The highest BCUT2D eigenvalue weighted by Crippen LogP contribution is 2.30. The molecule has 158 valence electrons. The van der Waals surface area contributed by atoms with Crippen molar-refractivity contribution in [1.29, 1.82) is 0 Å². The van der Waals surface area contributed by atoms with Crippen LogP contribution in [0.5, 0.6) is 0 Å². The van der Waals surface area contributed by atoms with E-state index in [0.717, 1.165) is 22.8 Å². The monoisotopic (exact) mass is 420 g/mol. The lowest BCUT2D eigenvalue weighted by molar-refractivity contribution is -0.132. The van der Waals surface area contributed by atoms with Crippen molar-refractivity contribution in [2.24, 2.45) is 0 Å². The van der Waals surface area contributed by atoms with Crippen molar-refractivity contribution in [3.05, 3.63) is 28.8 Å². The van der Waals surface area contributed by atoms with Crippen LogP contribution in [-0.2, 0) is 9.59 Å². The maximum atomic E-state index is 12.7. The summed E-state index contributed by atoms with van der Waals surface area (Å²) in [6.07, 6.45) is 0.502. The molecule has 7 nitrogen and oxygen atoms in total. The third-order valence-electron chi connectivity index (χ3n) is 5.87. The summed E-state index contributed by atoms with van der Waals surface area (Å²) in [6, 6.07) is 5.78. The van der Waals surface area contributed by atoms with E-state index in [9.17, 15) is 14.4 Å². The Balaban J connectivity index is 1.60. The Morgan fingerprint density at radius 2 is 2.03 bits per heavy atom. The number of hydrogen-bond acceptors (Lipinski definition) is 4. The number of carbonyl (C=O) groups is 3. The third-order valence-corrected chi connectivity index (χ3v) is 6.21. The maximum absolute atomic E-state index is 12.7. The second-order valence-electron chi connectivity index (χ2n) is 8.48. The number of imide groups is 1. The van der Waals surface area contributed by atoms with E-state index in [2.05, 4.69) is 42.4 Å². The molecular formula is C21H29ClN4O3. The average molecular weight is 421 g/mol. The number of urea groups is 1. The summed E-state index contributed by atoms with van der Waals surface area (Å²) in [5, 5.41) is 5.61. The molecule has 0 saturated carbocycles. The second kappa shape index (κ2) is 8.22. The first-order valence-corrected chi connectivity index (χ1v) is 10.5. The summed E-state index contributed by atoms with van der Waals surface area (Å²) in [4.78, 5) is 40.1. The second-order valence-corrected chi connectivity index (χ2v) is 8.89. The summed E-state index contributed by atoms with van der Waals surface area (Å²) in [5.74, 6) is -0.0295. The molecule has 2 saturated heterocycles. The Hall–Kier alpha value is -2.28. The largest absolute Gasteiger partial charge is 0.365 e. The highest BCUT2D eigenvalue weighted by Gasteiger charge is 2.42. The van der Waals surface area contributed by atoms with E-state index in [4.69, 9.17) is 11.6 Å². The summed E-state index contributed by atoms with van der Waals surface area (Å²) < 4.78 is 0. The zero-order chi connectivity index (χ0) is 21.3. The number of piperazine rings is 1. The van der Waals surface area contributed by atoms with Gasteiger partial charge in [0.1, 0.15) is 5.54 Å². The molecular weight excluding hydrogens is 392 g/mol. The maximum Gasteiger partial charge on any atom is 0.322 e. The van der Waals surface area contributed by atoms with Crippen molar-refractivity contribution in [3.8, 4) is 0 Å². The first-order chi connectivity index (χ1) is 13.6. The van der Waals surface area contributed by atoms with Gasteiger partial charge in [-0.15, -0.1) is 0 Å². The van der Waals surface area contributed by atoms with Gasteiger partial charge in [-0.25, -0.2) is 4.79 Å². The first kappa shape index (κ1) is 21.4. The molecule has 0 aromatic heterocycles. The molecule has 0 bridgehead atoms. The van der Waals surface area contributed by atoms with Gasteiger partial charge >= 0.3 is 6.03 Å². The van der Waals surface area contributed by atoms with Crippen molar-refractivity contribution in [2.45, 2.75) is 58.0 Å². The van der Waals surface area contributed by atoms with Crippen molar-refractivity contribution >= 4 is 35.1 Å². The van der Waals surface area contributed by atoms with Gasteiger partial charge in [-0.05, 0) is 49.9 Å². The van der Waals surface area contributed by atoms with E-state index in [-0.39, 0.29) is 30.7 Å². The molecule has 29 heavy (non-hydrogen) atoms. The lowest BCUT2D eigenvalue weighted by Gasteiger charge is -2.41. The molecule has 0 unspecified atom stereocenters. The van der Waals surface area contributed by atoms with Crippen LogP contribution in [0.15, 0.2) is 18.2 Å². The fraction of sp³-hybridized carbons (Fsp3) is 0.571. The number of nitrogens with one attached hydrogen (secondary N) is 2. The Morgan fingerprint density at radius 3 is 2.62 bits per heavy atom. The van der Waals surface area contributed by atoms with Gasteiger partial charge in [-0.1, -0.05) is 25.4 Å². The van der Waals surface area contributed by atoms with Crippen LogP contribution < -0.4 is 15.5 Å². The molecule has 0 spiro atoms. The van der Waals surface area contributed by atoms with Gasteiger partial charge in [0, 0.05) is 42.8 Å². The topological polar surface area (TPSA) is 81.8 Å². The number of carbonyl (C=O) groups excluding carboxylic acids is 3. The molecule has 3 rings (SSSR count). The zero-order valence-electron chi connectivity index (χ0n) is 17.4. The van der Waals surface area contributed by atoms with Crippen LogP contribution in [0, 0.1) is 0 Å². The minimum atomic E-state index is -1.02. The van der Waals surface area contributed by atoms with Crippen molar-refractivity contribution in [1.82, 2.24) is 15.5 Å². The van der Waals surface area contributed by atoms with Crippen LogP contribution in [0.2, 0.25) is 5.02 Å². The summed E-state index contributed by atoms with van der Waals surface area (Å²) in [6.45, 7) is 9.98. The van der Waals surface area contributed by atoms with Gasteiger partial charge in [0.05, 0.1) is 0 Å². The third kappa shape index (κ3) is 4.50. The van der Waals surface area contributed by atoms with E-state index in [1.807, 2.05) is 17.0 Å². The summed E-state index contributed by atoms with van der Waals surface area (Å²) in [5.41, 5.74) is 1.23. The number of nitrogens with zero attached hydrogens (tertiary/aromatic N) is 2. The van der Waals surface area contributed by atoms with E-state index in [1.165, 1.54) is 0 Å². The molecule has 8 heteroatoms. The van der Waals surface area contributed by atoms with Crippen LogP contribution in [0.4, 0.5) is 10.5 Å². The molecule has 1 aromatic carbocycles. The zero-order valence-corrected chi connectivity index (χ0v) is 18.2. The normalized spacial score (nSPS) is 24.7. The Morgan fingerprint density at radius 1 is 1.31 bits per heavy atom. The van der Waals surface area contributed by atoms with E-state index in [0.29, 0.717) is 19.0 Å². The number of anilines is 1. The molecule has 2 aliphatic heterocycles. The fourth-order valence-corrected chi connectivity index (χ4v) is 4.33. The van der Waals surface area contributed by atoms with E-state index >= 15 is 0 Å². The van der Waals surface area contributed by atoms with E-state index in [1.54, 1.807) is 6.92 Å². The highest BCUT2D eigenvalue weighted by molar-refractivity contribution is 6.31. The minimum absolute atomic E-state index is 0.00523. The van der Waals surface area contributed by atoms with Crippen LogP contribution >= 0.6 is 11.6 Å². The lowest BCUT2D eigenvalue weighted by atomic mass is 9.95. The van der Waals surface area contributed by atoms with Gasteiger partial charge in [-0.3, -0.25) is 14.9 Å². The lowest BCUT2D eigenvalue weighted by Crippen LogP contribution is -2.54. The first-order valence-electron chi connectivity index (χ1n) is 10.1. The molecule has 0 radical (unpaired) electrons. The van der Waals surface area contributed by atoms with E-state index < -0.39 is 11.6 Å². The smallest absolute Gasteiger partial charge is 0.322 e. The van der Waals surface area contributed by atoms with Crippen molar-refractivity contribution < 1.29 is 14.4 Å². The number of halogens is 1. The van der Waals surface area contributed by atoms with Crippen LogP contribution in [0.25, 0.3) is 0 Å². The van der Waals surface area contributed by atoms with Gasteiger partial charge in [0.15, 0.2) is 0 Å². The SMILES string of the molecule is CC(C)c1cc(N2CCN(C(=O)CC[C@@]3(C)NC(=O)NC3=O)C[C@@H]2C)ccc1Cl. The molecule has 4 amide bonds. The summed E-state index contributed by atoms with van der Waals surface area (Å²) in [7, 11) is 0. The van der Waals surface area contributed by atoms with Gasteiger partial charge in [-0.2, -0.15) is 0 Å². The molecule has 0 aliphatic carbocycles. The highest BCUT2D eigenvalue weighted by atomic mass is 35.5. The number of hydrogen-bond donors (Lipinski definition) is 2. The Labute approximate surface area is 176 Å². The quantitative estimate of drug-likeness (QED) is 0.717. The van der Waals surface area contributed by atoms with Gasteiger partial charge in [0.25, 0.3) is 5.91 Å². The molecule has 2 N–H and O–H groups in total. The Bertz CT molecular complexity index is 828. The van der Waals surface area contributed by atoms with Crippen LogP contribution in [-0.4, -0.2) is 54.0 Å². The summed E-state index contributed by atoms with van der Waals surface area (Å²) >= 11 is 6.32. The molecule has 2 atom stereocenters. The Kier molecular flexibility index (Phi) is 6.08. The van der Waals surface area contributed by atoms with Crippen LogP contribution in [0.1, 0.15) is 52.0 Å². The average Bonchev–Trinajstić information content (AvgIpc) is 2.92. The number of benzene rings is 1. The minimum Gasteiger partial charge on any atom is -0.365 e. The molecule has 2 aliphatic rings. The molecule has 2 heterocycles. The van der Waals surface area contributed by atoms with Gasteiger partial charge < -0.3 is 15.1 Å². The number of rotatable bonds is 5. The van der Waals surface area contributed by atoms with Gasteiger partial charge in [0.2, 0.25) is 5.91 Å². The number of amides is 4. The predicted molar refractivity (Wildman–Crippen MR) is 113 cm³/mol.